The van der Waals surface area contributed by atoms with Gasteiger partial charge in [0.2, 0.25) is 100 Å². The van der Waals surface area contributed by atoms with Gasteiger partial charge in [0.25, 0.3) is 0 Å². The van der Waals surface area contributed by atoms with E-state index in [1.54, 1.807) is 129 Å². The number of thiol groups is 2. The van der Waals surface area contributed by atoms with E-state index >= 15 is 24.0 Å². The summed E-state index contributed by atoms with van der Waals surface area (Å²) in [6.45, 7) is 7.51. The first-order valence-electron chi connectivity index (χ1n) is 47.5. The number of primary amides is 2. The summed E-state index contributed by atoms with van der Waals surface area (Å²) in [7, 11) is 0. The Labute approximate surface area is 860 Å². The zero-order valence-electron chi connectivity index (χ0n) is 81.7. The van der Waals surface area contributed by atoms with Gasteiger partial charge in [-0.15, -0.1) is 0 Å². The van der Waals surface area contributed by atoms with E-state index in [1.807, 2.05) is 0 Å². The lowest BCUT2D eigenvalue weighted by molar-refractivity contribution is -0.144. The number of carboxylic acids is 4. The molecule has 7 rings (SSSR count). The number of hydrogen-bond acceptors (Lipinski definition) is 27. The van der Waals surface area contributed by atoms with Crippen molar-refractivity contribution in [3.63, 3.8) is 0 Å². The number of aliphatic hydroxyl groups excluding tert-OH is 1. The molecular formula is C98H129N21O27S2. The molecule has 0 fully saturated rings. The molecule has 5 aromatic carbocycles. The number of phenols is 1. The van der Waals surface area contributed by atoms with E-state index in [1.165, 1.54) is 44.3 Å². The number of aromatic amines is 2. The summed E-state index contributed by atoms with van der Waals surface area (Å²) in [5.74, 6) is -27.9. The van der Waals surface area contributed by atoms with Crippen LogP contribution in [0.3, 0.4) is 0 Å². The molecule has 31 N–H and O–H groups in total. The maximum Gasteiger partial charge on any atom is 0.326 e. The Hall–Kier alpha value is -15.6. The van der Waals surface area contributed by atoms with Crippen molar-refractivity contribution in [1.82, 2.24) is 89.7 Å². The molecule has 17 amide bonds. The van der Waals surface area contributed by atoms with Gasteiger partial charge in [-0.2, -0.15) is 25.3 Å². The SMILES string of the molecule is CC(C)C[C@H](NC(=O)[C@@H](NC(=O)[C@H](CC(=O)O)NC(=O)[C@H](CS)NC(=O)[C@H](Cc1ccccc1)NC(=O)[C@H](Cc1c[nH]c2ccccc12)NC(=O)[C@H](CCC(N)=O)NC(=O)[C@H](CC(N)=O)NC(=O)[C@H](CCCCN)NC(=O)[C@H](Cc1ccccc1)NC(=O)[C@H](Cc1ccc(O)cc1)NC(=O)[C@H](CCC(=O)O)NC(=O)[C@H](CS)NC(=O)[C@@H](NC(=O)[C@H](Cc1c[nH]c2ccccc12)NC(=O)[C@@H](N)CC(=O)O)C(C)C)[C@@H](C)O)C(=O)O. The number of carbonyl (C=O) groups is 21. The standard InChI is InChI=1S/C98H129N21O27S2/c1-49(2)36-73(98(145)146)115-97(144)82(51(5)120)119-93(140)72(44-80(128)129)114-95(142)74(47-147)116-89(136)67(38-53-20-10-7-11-21-53)111-90(137)69(40-55-45-103-61-24-14-12-22-58(55)61)112-85(132)64(31-33-76(101)122)106-91(138)71(43-77(102)123)113-84(131)63(26-16-17-35-99)105-87(134)66(37-52-18-8-6-9-19-52)110-88(135)68(39-54-27-29-57(121)30-28-54)109-86(133)65(32-34-78(124)125)107-94(141)75(48-148)117-96(143)81(50(3)4)118-92(139)70(108-83(130)60(100)42-79(126)127)41-56-46-104-62-25-15-13-23-59(56)62/h6-15,18-25,27-30,45-46,49-51,60,63-75,81-82,103-104,120-121,147-148H,16-17,26,31-44,47-48,99-100H2,1-5H3,(H2,101,122)(H2,102,123)(H,105,134)(H,106,138)(H,107,141)(H,108,130)(H,109,133)(H,110,135)(H,111,137)(H,112,132)(H,113,131)(H,114,142)(H,115,144)(H,116,136)(H,117,143)(H,118,139)(H,119,140)(H,124,125)(H,126,127)(H,128,129)(H,145,146)/t51-,60+,63+,64+,65+,66+,67+,68+,69+,70+,71+,72+,73+,74+,75+,81+,82+/m1/s1. The van der Waals surface area contributed by atoms with Gasteiger partial charge in [0.15, 0.2) is 0 Å². The number of aromatic hydroxyl groups is 1. The Morgan fingerprint density at radius 1 is 0.331 bits per heavy atom. The second-order valence-corrected chi connectivity index (χ2v) is 36.9. The van der Waals surface area contributed by atoms with Gasteiger partial charge in [-0.25, -0.2) is 4.79 Å². The topological polar surface area (TPSA) is 796 Å². The minimum absolute atomic E-state index is 0.0317. The van der Waals surface area contributed by atoms with Crippen LogP contribution in [0.4, 0.5) is 0 Å². The van der Waals surface area contributed by atoms with Gasteiger partial charge in [0, 0.05) is 90.7 Å². The quantitative estimate of drug-likeness (QED) is 0.0130. The Morgan fingerprint density at radius 2 is 0.662 bits per heavy atom. The van der Waals surface area contributed by atoms with Crippen LogP contribution in [-0.4, -0.2) is 286 Å². The number of benzene rings is 5. The molecule has 0 saturated heterocycles. The van der Waals surface area contributed by atoms with Crippen molar-refractivity contribution in [2.75, 3.05) is 18.1 Å². The summed E-state index contributed by atoms with van der Waals surface area (Å²) in [5, 5.41) is 97.9. The Kier molecular flexibility index (Phi) is 47.7. The lowest BCUT2D eigenvalue weighted by atomic mass is 10.00. The summed E-state index contributed by atoms with van der Waals surface area (Å²) in [4.78, 5) is 299. The third kappa shape index (κ3) is 38.8. The predicted octanol–water partition coefficient (Wildman–Crippen LogP) is -3.42. The predicted molar refractivity (Wildman–Crippen MR) is 541 cm³/mol. The lowest BCUT2D eigenvalue weighted by Crippen LogP contribution is -2.62. The van der Waals surface area contributed by atoms with Crippen LogP contribution >= 0.6 is 25.3 Å². The molecule has 0 aliphatic rings. The number of aliphatic carboxylic acids is 4. The first-order valence-corrected chi connectivity index (χ1v) is 48.7. The second kappa shape index (κ2) is 59.1. The van der Waals surface area contributed by atoms with Crippen molar-refractivity contribution in [3.05, 3.63) is 174 Å². The van der Waals surface area contributed by atoms with Crippen molar-refractivity contribution in [3.8, 4) is 5.75 Å². The first-order chi connectivity index (χ1) is 70.1. The monoisotopic (exact) mass is 2100 g/mol. The number of nitrogens with two attached hydrogens (primary N) is 4. The Bertz CT molecular complexity index is 5840. The number of aromatic nitrogens is 2. The third-order valence-corrected chi connectivity index (χ3v) is 24.3. The fraction of sp³-hybridized carbons (Fsp3) is 0.439. The van der Waals surface area contributed by atoms with Gasteiger partial charge < -0.3 is 143 Å². The molecule has 48 nitrogen and oxygen atoms in total. The van der Waals surface area contributed by atoms with Gasteiger partial charge in [0.05, 0.1) is 31.4 Å². The molecule has 800 valence electrons. The largest absolute Gasteiger partial charge is 0.508 e. The number of hydrogen-bond donors (Lipinski definition) is 29. The van der Waals surface area contributed by atoms with E-state index in [0.29, 0.717) is 44.1 Å². The normalized spacial score (nSPS) is 14.7. The molecule has 2 heterocycles. The van der Waals surface area contributed by atoms with E-state index in [4.69, 9.17) is 22.9 Å². The number of H-pyrrole nitrogens is 2. The maximum atomic E-state index is 15.3. The average molecular weight is 2100 g/mol. The number of aliphatic hydroxyl groups is 1. The molecular weight excluding hydrogens is 1970 g/mol. The highest BCUT2D eigenvalue weighted by Crippen LogP contribution is 2.24. The van der Waals surface area contributed by atoms with Gasteiger partial charge in [-0.05, 0) is 116 Å². The number of fused-ring (bicyclic) bond motifs is 2. The maximum absolute atomic E-state index is 15.3. The van der Waals surface area contributed by atoms with Crippen molar-refractivity contribution in [2.24, 2.45) is 34.8 Å². The van der Waals surface area contributed by atoms with Crippen LogP contribution in [0.2, 0.25) is 0 Å². The van der Waals surface area contributed by atoms with Crippen molar-refractivity contribution >= 4 is 171 Å². The van der Waals surface area contributed by atoms with Gasteiger partial charge >= 0.3 is 23.9 Å². The Balaban J connectivity index is 1.14. The summed E-state index contributed by atoms with van der Waals surface area (Å²) >= 11 is 8.55. The van der Waals surface area contributed by atoms with Crippen molar-refractivity contribution in [2.45, 2.75) is 240 Å². The van der Waals surface area contributed by atoms with Gasteiger partial charge in [-0.3, -0.25) is 95.9 Å². The number of nitrogens with one attached hydrogen (secondary N) is 17. The summed E-state index contributed by atoms with van der Waals surface area (Å²) in [5.41, 5.74) is 26.3. The molecule has 0 aliphatic carbocycles. The highest BCUT2D eigenvalue weighted by Gasteiger charge is 2.42. The fourth-order valence-corrected chi connectivity index (χ4v) is 16.2. The number of unbranched alkanes of at least 4 members (excludes halogenated alkanes) is 1. The summed E-state index contributed by atoms with van der Waals surface area (Å²) < 4.78 is 0. The highest BCUT2D eigenvalue weighted by atomic mass is 32.1. The summed E-state index contributed by atoms with van der Waals surface area (Å²) in [6.07, 6.45) is -6.40. The number of amides is 17. The van der Waals surface area contributed by atoms with Crippen LogP contribution in [0.5, 0.6) is 5.75 Å². The third-order valence-electron chi connectivity index (χ3n) is 23.5. The number of para-hydroxylation sites is 2. The lowest BCUT2D eigenvalue weighted by Gasteiger charge is -2.29. The first kappa shape index (κ1) is 119. The molecule has 17 atom stereocenters. The highest BCUT2D eigenvalue weighted by molar-refractivity contribution is 7.80. The van der Waals surface area contributed by atoms with E-state index < -0.39 is 302 Å². The fourth-order valence-electron chi connectivity index (χ4n) is 15.6. The minimum Gasteiger partial charge on any atom is -0.508 e. The van der Waals surface area contributed by atoms with Crippen LogP contribution in [0.1, 0.15) is 133 Å². The Morgan fingerprint density at radius 3 is 1.06 bits per heavy atom. The average Bonchev–Trinajstić information content (AvgIpc) is 1.67. The van der Waals surface area contributed by atoms with Crippen LogP contribution < -0.4 is 103 Å². The number of rotatable bonds is 63. The summed E-state index contributed by atoms with van der Waals surface area (Å²) in [6, 6.07) is 6.71. The van der Waals surface area contributed by atoms with E-state index in [9.17, 15) is 107 Å². The molecule has 7 aromatic rings. The zero-order chi connectivity index (χ0) is 109. The van der Waals surface area contributed by atoms with Crippen molar-refractivity contribution in [1.29, 1.82) is 0 Å². The van der Waals surface area contributed by atoms with E-state index in [-0.39, 0.29) is 68.7 Å². The zero-order valence-corrected chi connectivity index (χ0v) is 83.5. The van der Waals surface area contributed by atoms with Crippen LogP contribution in [0.15, 0.2) is 146 Å². The number of carbonyl (C=O) groups excluding carboxylic acids is 17. The van der Waals surface area contributed by atoms with Gasteiger partial charge in [0.1, 0.15) is 96.4 Å². The van der Waals surface area contributed by atoms with E-state index in [2.05, 4.69) is 115 Å². The van der Waals surface area contributed by atoms with Crippen LogP contribution in [0, 0.1) is 11.8 Å². The molecule has 148 heavy (non-hydrogen) atoms. The van der Waals surface area contributed by atoms with Crippen LogP contribution in [0.25, 0.3) is 21.8 Å². The number of phenolic OH excluding ortho intramolecular Hbond substituents is 1. The molecule has 0 radical (unpaired) electrons. The molecule has 0 spiro atoms. The molecule has 0 aliphatic heterocycles. The van der Waals surface area contributed by atoms with Crippen molar-refractivity contribution < 1.29 is 131 Å². The molecule has 0 bridgehead atoms. The van der Waals surface area contributed by atoms with Crippen LogP contribution in [-0.2, 0) is 133 Å². The molecule has 2 aromatic heterocycles. The minimum atomic E-state index is -2.07. The number of carboxylic acid groups (broad SMARTS) is 4. The molecule has 0 saturated carbocycles. The van der Waals surface area contributed by atoms with Gasteiger partial charge in [-0.1, -0.05) is 137 Å². The molecule has 50 heteroatoms. The smallest absolute Gasteiger partial charge is 0.326 e. The second-order valence-electron chi connectivity index (χ2n) is 36.2. The molecule has 0 unspecified atom stereocenters. The van der Waals surface area contributed by atoms with E-state index in [0.717, 1.165) is 6.92 Å².